The third-order valence-corrected chi connectivity index (χ3v) is 2.92. The van der Waals surface area contributed by atoms with E-state index in [0.29, 0.717) is 0 Å². The lowest BCUT2D eigenvalue weighted by atomic mass is 10.2. The quantitative estimate of drug-likeness (QED) is 0.785. The molecule has 1 rings (SSSR count). The molecule has 0 aliphatic rings. The molecule has 0 radical (unpaired) electrons. The lowest BCUT2D eigenvalue weighted by molar-refractivity contribution is 0.424. The highest BCUT2D eigenvalue weighted by atomic mass is 79.9. The van der Waals surface area contributed by atoms with Crippen LogP contribution in [-0.4, -0.2) is 6.54 Å². The van der Waals surface area contributed by atoms with Gasteiger partial charge in [0.1, 0.15) is 5.76 Å². The SMILES string of the molecule is CCCCCNC(C)c1occc1Br. The van der Waals surface area contributed by atoms with E-state index in [4.69, 9.17) is 4.42 Å². The lowest BCUT2D eigenvalue weighted by Gasteiger charge is -2.11. The van der Waals surface area contributed by atoms with Crippen LogP contribution in [0.1, 0.15) is 44.9 Å². The van der Waals surface area contributed by atoms with Crippen LogP contribution in [0.3, 0.4) is 0 Å². The molecule has 80 valence electrons. The summed E-state index contributed by atoms with van der Waals surface area (Å²) in [4.78, 5) is 0. The van der Waals surface area contributed by atoms with Gasteiger partial charge >= 0.3 is 0 Å². The van der Waals surface area contributed by atoms with E-state index in [0.717, 1.165) is 16.8 Å². The molecule has 0 bridgehead atoms. The van der Waals surface area contributed by atoms with E-state index in [2.05, 4.69) is 35.1 Å². The molecule has 1 atom stereocenters. The van der Waals surface area contributed by atoms with Crippen molar-refractivity contribution in [3.05, 3.63) is 22.6 Å². The van der Waals surface area contributed by atoms with Crippen molar-refractivity contribution in [3.63, 3.8) is 0 Å². The molecule has 0 saturated carbocycles. The van der Waals surface area contributed by atoms with Gasteiger partial charge in [-0.15, -0.1) is 0 Å². The molecule has 0 spiro atoms. The van der Waals surface area contributed by atoms with Crippen LogP contribution in [-0.2, 0) is 0 Å². The molecule has 1 aromatic heterocycles. The fourth-order valence-electron chi connectivity index (χ4n) is 1.40. The Kier molecular flexibility index (Phi) is 5.26. The summed E-state index contributed by atoms with van der Waals surface area (Å²) in [6, 6.07) is 2.22. The Morgan fingerprint density at radius 3 is 2.86 bits per heavy atom. The Balaban J connectivity index is 2.28. The molecule has 0 aliphatic carbocycles. The van der Waals surface area contributed by atoms with Crippen molar-refractivity contribution < 1.29 is 4.42 Å². The highest BCUT2D eigenvalue weighted by Gasteiger charge is 2.11. The molecular weight excluding hydrogens is 242 g/mol. The van der Waals surface area contributed by atoms with Gasteiger partial charge in [-0.1, -0.05) is 19.8 Å². The van der Waals surface area contributed by atoms with E-state index in [9.17, 15) is 0 Å². The van der Waals surface area contributed by atoms with Crippen LogP contribution in [0, 0.1) is 0 Å². The second kappa shape index (κ2) is 6.25. The van der Waals surface area contributed by atoms with E-state index in [-0.39, 0.29) is 6.04 Å². The zero-order valence-electron chi connectivity index (χ0n) is 8.85. The van der Waals surface area contributed by atoms with Crippen molar-refractivity contribution >= 4 is 15.9 Å². The van der Waals surface area contributed by atoms with Gasteiger partial charge < -0.3 is 9.73 Å². The minimum absolute atomic E-state index is 0.288. The first-order chi connectivity index (χ1) is 6.75. The average molecular weight is 260 g/mol. The Hall–Kier alpha value is -0.280. The van der Waals surface area contributed by atoms with Crippen LogP contribution < -0.4 is 5.32 Å². The molecule has 1 aromatic rings. The number of nitrogens with one attached hydrogen (secondary N) is 1. The molecule has 1 N–H and O–H groups in total. The number of halogens is 1. The van der Waals surface area contributed by atoms with Gasteiger partial charge in [0, 0.05) is 0 Å². The first-order valence-corrected chi connectivity index (χ1v) is 6.01. The van der Waals surface area contributed by atoms with Crippen molar-refractivity contribution in [2.24, 2.45) is 0 Å². The molecule has 0 fully saturated rings. The predicted octanol–water partition coefficient (Wildman–Crippen LogP) is 3.88. The van der Waals surface area contributed by atoms with Gasteiger partial charge in [-0.25, -0.2) is 0 Å². The van der Waals surface area contributed by atoms with E-state index < -0.39 is 0 Å². The monoisotopic (exact) mass is 259 g/mol. The first-order valence-electron chi connectivity index (χ1n) is 5.22. The van der Waals surface area contributed by atoms with Crippen LogP contribution in [0.5, 0.6) is 0 Å². The Bertz CT molecular complexity index is 260. The van der Waals surface area contributed by atoms with E-state index in [1.807, 2.05) is 6.07 Å². The summed E-state index contributed by atoms with van der Waals surface area (Å²) in [7, 11) is 0. The summed E-state index contributed by atoms with van der Waals surface area (Å²) in [6.07, 6.45) is 5.50. The second-order valence-electron chi connectivity index (χ2n) is 3.52. The van der Waals surface area contributed by atoms with Crippen molar-refractivity contribution in [1.29, 1.82) is 0 Å². The summed E-state index contributed by atoms with van der Waals surface area (Å²) >= 11 is 3.46. The number of hydrogen-bond acceptors (Lipinski definition) is 2. The van der Waals surface area contributed by atoms with Gasteiger partial charge in [-0.05, 0) is 41.9 Å². The van der Waals surface area contributed by atoms with Crippen molar-refractivity contribution in [2.75, 3.05) is 6.54 Å². The summed E-state index contributed by atoms with van der Waals surface area (Å²) in [5.74, 6) is 0.987. The number of hydrogen-bond donors (Lipinski definition) is 1. The summed E-state index contributed by atoms with van der Waals surface area (Å²) in [6.45, 7) is 5.39. The van der Waals surface area contributed by atoms with Crippen LogP contribution in [0.2, 0.25) is 0 Å². The molecule has 0 amide bonds. The fourth-order valence-corrected chi connectivity index (χ4v) is 1.95. The number of furan rings is 1. The van der Waals surface area contributed by atoms with E-state index in [1.54, 1.807) is 6.26 Å². The number of rotatable bonds is 6. The average Bonchev–Trinajstić information content (AvgIpc) is 2.59. The normalized spacial score (nSPS) is 13.1. The standard InChI is InChI=1S/C11H18BrNO/c1-3-4-5-7-13-9(2)11-10(12)6-8-14-11/h6,8-9,13H,3-5,7H2,1-2H3. The van der Waals surface area contributed by atoms with Gasteiger partial charge in [-0.3, -0.25) is 0 Å². The van der Waals surface area contributed by atoms with Gasteiger partial charge in [-0.2, -0.15) is 0 Å². The highest BCUT2D eigenvalue weighted by Crippen LogP contribution is 2.23. The maximum absolute atomic E-state index is 5.37. The third kappa shape index (κ3) is 3.46. The molecule has 14 heavy (non-hydrogen) atoms. The van der Waals surface area contributed by atoms with Crippen molar-refractivity contribution in [3.8, 4) is 0 Å². The zero-order chi connectivity index (χ0) is 10.4. The molecule has 0 aliphatic heterocycles. The Morgan fingerprint density at radius 1 is 1.50 bits per heavy atom. The molecule has 2 nitrogen and oxygen atoms in total. The largest absolute Gasteiger partial charge is 0.466 e. The van der Waals surface area contributed by atoms with Crippen LogP contribution in [0.15, 0.2) is 21.2 Å². The predicted molar refractivity (Wildman–Crippen MR) is 62.4 cm³/mol. The Labute approximate surface area is 94.2 Å². The first kappa shape index (κ1) is 11.8. The maximum Gasteiger partial charge on any atom is 0.134 e. The molecule has 0 saturated heterocycles. The van der Waals surface area contributed by atoms with Gasteiger partial charge in [0.05, 0.1) is 16.8 Å². The lowest BCUT2D eigenvalue weighted by Crippen LogP contribution is -2.19. The van der Waals surface area contributed by atoms with Crippen LogP contribution in [0.4, 0.5) is 0 Å². The third-order valence-electron chi connectivity index (χ3n) is 2.27. The van der Waals surface area contributed by atoms with E-state index >= 15 is 0 Å². The smallest absolute Gasteiger partial charge is 0.134 e. The minimum Gasteiger partial charge on any atom is -0.466 e. The maximum atomic E-state index is 5.37. The van der Waals surface area contributed by atoms with Crippen molar-refractivity contribution in [2.45, 2.75) is 39.2 Å². The molecular formula is C11H18BrNO. The van der Waals surface area contributed by atoms with Crippen molar-refractivity contribution in [1.82, 2.24) is 5.32 Å². The van der Waals surface area contributed by atoms with Gasteiger partial charge in [0.25, 0.3) is 0 Å². The molecule has 3 heteroatoms. The summed E-state index contributed by atoms with van der Waals surface area (Å²) in [5, 5.41) is 3.44. The second-order valence-corrected chi connectivity index (χ2v) is 4.37. The van der Waals surface area contributed by atoms with Gasteiger partial charge in [0.15, 0.2) is 0 Å². The van der Waals surface area contributed by atoms with Crippen LogP contribution in [0.25, 0.3) is 0 Å². The number of unbranched alkanes of at least 4 members (excludes halogenated alkanes) is 2. The molecule has 1 unspecified atom stereocenters. The summed E-state index contributed by atoms with van der Waals surface area (Å²) in [5.41, 5.74) is 0. The Morgan fingerprint density at radius 2 is 2.29 bits per heavy atom. The van der Waals surface area contributed by atoms with E-state index in [1.165, 1.54) is 19.3 Å². The minimum atomic E-state index is 0.288. The molecule has 0 aromatic carbocycles. The van der Waals surface area contributed by atoms with Crippen LogP contribution >= 0.6 is 15.9 Å². The highest BCUT2D eigenvalue weighted by molar-refractivity contribution is 9.10. The van der Waals surface area contributed by atoms with Gasteiger partial charge in [0.2, 0.25) is 0 Å². The topological polar surface area (TPSA) is 25.2 Å². The molecule has 1 heterocycles. The zero-order valence-corrected chi connectivity index (χ0v) is 10.4. The summed E-state index contributed by atoms with van der Waals surface area (Å²) < 4.78 is 6.42. The fraction of sp³-hybridized carbons (Fsp3) is 0.636.